The topological polar surface area (TPSA) is 77.3 Å². The van der Waals surface area contributed by atoms with E-state index in [1.165, 1.54) is 4.80 Å². The minimum Gasteiger partial charge on any atom is -0.451 e. The fraction of sp³-hybridized carbons (Fsp3) is 0.444. The molecule has 0 spiro atoms. The zero-order valence-corrected chi connectivity index (χ0v) is 14.8. The average Bonchev–Trinajstić information content (AvgIpc) is 3.22. The molecule has 0 bridgehead atoms. The van der Waals surface area contributed by atoms with Crippen molar-refractivity contribution < 1.29 is 14.3 Å². The van der Waals surface area contributed by atoms with E-state index in [1.807, 2.05) is 32.0 Å². The van der Waals surface area contributed by atoms with Gasteiger partial charge in [0.15, 0.2) is 12.3 Å². The Bertz CT molecular complexity index is 807. The fourth-order valence-corrected chi connectivity index (χ4v) is 2.96. The highest BCUT2D eigenvalue weighted by Crippen LogP contribution is 2.16. The van der Waals surface area contributed by atoms with Crippen molar-refractivity contribution in [1.29, 1.82) is 0 Å². The Hall–Kier alpha value is -2.70. The van der Waals surface area contributed by atoms with Gasteiger partial charge in [0, 0.05) is 13.1 Å². The molecule has 1 aliphatic rings. The molecule has 7 heteroatoms. The van der Waals surface area contributed by atoms with Crippen LogP contribution in [0.1, 0.15) is 40.2 Å². The number of rotatable bonds is 4. The van der Waals surface area contributed by atoms with Gasteiger partial charge < -0.3 is 9.64 Å². The molecule has 7 nitrogen and oxygen atoms in total. The summed E-state index contributed by atoms with van der Waals surface area (Å²) in [6.45, 7) is 6.89. The highest BCUT2D eigenvalue weighted by molar-refractivity contribution is 5.90. The molecule has 1 aliphatic heterocycles. The predicted octanol–water partition coefficient (Wildman–Crippen LogP) is 1.97. The van der Waals surface area contributed by atoms with Crippen LogP contribution in [-0.4, -0.2) is 51.5 Å². The quantitative estimate of drug-likeness (QED) is 0.794. The Balaban J connectivity index is 1.71. The molecule has 0 aliphatic carbocycles. The third kappa shape index (κ3) is 3.70. The molecule has 2 aromatic rings. The monoisotopic (exact) mass is 342 g/mol. The van der Waals surface area contributed by atoms with Crippen LogP contribution in [0.5, 0.6) is 0 Å². The van der Waals surface area contributed by atoms with Gasteiger partial charge in [-0.3, -0.25) is 4.79 Å². The minimum atomic E-state index is -0.624. The summed E-state index contributed by atoms with van der Waals surface area (Å²) >= 11 is 0. The van der Waals surface area contributed by atoms with E-state index in [0.717, 1.165) is 42.7 Å². The number of likely N-dealkylation sites (tertiary alicyclic amines) is 1. The first-order valence-electron chi connectivity index (χ1n) is 8.42. The van der Waals surface area contributed by atoms with E-state index < -0.39 is 5.97 Å². The number of ether oxygens (including phenoxy) is 1. The second kappa shape index (κ2) is 7.04. The Morgan fingerprint density at radius 1 is 1.12 bits per heavy atom. The number of aromatic nitrogens is 3. The van der Waals surface area contributed by atoms with Crippen LogP contribution < -0.4 is 0 Å². The van der Waals surface area contributed by atoms with Crippen molar-refractivity contribution in [3.63, 3.8) is 0 Å². The molecule has 132 valence electrons. The summed E-state index contributed by atoms with van der Waals surface area (Å²) in [5, 5.41) is 8.56. The van der Waals surface area contributed by atoms with Crippen LogP contribution >= 0.6 is 0 Å². The standard InChI is InChI=1S/C18H22N4O3/c1-12-6-7-15(13(2)10-12)22-19-14(3)17(20-22)18(24)25-11-16(23)21-8-4-5-9-21/h6-7,10H,4-5,8-9,11H2,1-3H3. The van der Waals surface area contributed by atoms with Gasteiger partial charge in [-0.15, -0.1) is 5.10 Å². The summed E-state index contributed by atoms with van der Waals surface area (Å²) in [5.41, 5.74) is 3.57. The summed E-state index contributed by atoms with van der Waals surface area (Å²) in [5.74, 6) is -0.786. The first kappa shape index (κ1) is 17.1. The summed E-state index contributed by atoms with van der Waals surface area (Å²) in [7, 11) is 0. The molecule has 25 heavy (non-hydrogen) atoms. The van der Waals surface area contributed by atoms with Crippen molar-refractivity contribution in [2.75, 3.05) is 19.7 Å². The van der Waals surface area contributed by atoms with Crippen molar-refractivity contribution in [3.8, 4) is 5.69 Å². The van der Waals surface area contributed by atoms with E-state index in [2.05, 4.69) is 10.2 Å². The molecule has 1 aromatic heterocycles. The van der Waals surface area contributed by atoms with Gasteiger partial charge in [0.1, 0.15) is 0 Å². The molecule has 1 amide bonds. The summed E-state index contributed by atoms with van der Waals surface area (Å²) < 4.78 is 5.14. The van der Waals surface area contributed by atoms with E-state index in [9.17, 15) is 9.59 Å². The summed E-state index contributed by atoms with van der Waals surface area (Å²) in [6, 6.07) is 5.91. The Morgan fingerprint density at radius 2 is 1.84 bits per heavy atom. The number of nitrogens with zero attached hydrogens (tertiary/aromatic N) is 4. The van der Waals surface area contributed by atoms with Crippen molar-refractivity contribution in [2.45, 2.75) is 33.6 Å². The SMILES string of the molecule is Cc1ccc(-n2nc(C)c(C(=O)OCC(=O)N3CCCC3)n2)c(C)c1. The summed E-state index contributed by atoms with van der Waals surface area (Å²) in [6.07, 6.45) is 2.01. The van der Waals surface area contributed by atoms with Crippen molar-refractivity contribution in [3.05, 3.63) is 40.7 Å². The zero-order chi connectivity index (χ0) is 18.0. The third-order valence-corrected chi connectivity index (χ3v) is 4.33. The van der Waals surface area contributed by atoms with Crippen LogP contribution in [0.2, 0.25) is 0 Å². The van der Waals surface area contributed by atoms with E-state index in [1.54, 1.807) is 11.8 Å². The molecule has 0 atom stereocenters. The molecule has 2 heterocycles. The number of benzene rings is 1. The lowest BCUT2D eigenvalue weighted by Gasteiger charge is -2.14. The van der Waals surface area contributed by atoms with Crippen molar-refractivity contribution >= 4 is 11.9 Å². The number of aryl methyl sites for hydroxylation is 3. The normalized spacial score (nSPS) is 14.0. The number of hydrogen-bond donors (Lipinski definition) is 0. The molecular formula is C18H22N4O3. The number of hydrogen-bond acceptors (Lipinski definition) is 5. The number of carbonyl (C=O) groups is 2. The van der Waals surface area contributed by atoms with Gasteiger partial charge in [-0.1, -0.05) is 17.7 Å². The first-order chi connectivity index (χ1) is 12.0. The van der Waals surface area contributed by atoms with Gasteiger partial charge in [0.2, 0.25) is 0 Å². The highest BCUT2D eigenvalue weighted by Gasteiger charge is 2.22. The van der Waals surface area contributed by atoms with E-state index >= 15 is 0 Å². The predicted molar refractivity (Wildman–Crippen MR) is 91.7 cm³/mol. The zero-order valence-electron chi connectivity index (χ0n) is 14.8. The molecule has 0 N–H and O–H groups in total. The van der Waals surface area contributed by atoms with Gasteiger partial charge >= 0.3 is 5.97 Å². The van der Waals surface area contributed by atoms with E-state index in [0.29, 0.717) is 5.69 Å². The van der Waals surface area contributed by atoms with Gasteiger partial charge in [-0.25, -0.2) is 4.79 Å². The third-order valence-electron chi connectivity index (χ3n) is 4.33. The van der Waals surface area contributed by atoms with Gasteiger partial charge in [-0.2, -0.15) is 9.90 Å². The largest absolute Gasteiger partial charge is 0.451 e. The number of esters is 1. The van der Waals surface area contributed by atoms with Crippen molar-refractivity contribution in [2.24, 2.45) is 0 Å². The lowest BCUT2D eigenvalue weighted by atomic mass is 10.1. The maximum Gasteiger partial charge on any atom is 0.361 e. The molecule has 0 saturated carbocycles. The average molecular weight is 342 g/mol. The Labute approximate surface area is 146 Å². The second-order valence-corrected chi connectivity index (χ2v) is 6.38. The number of amides is 1. The van der Waals surface area contributed by atoms with Gasteiger partial charge in [0.05, 0.1) is 11.4 Å². The van der Waals surface area contributed by atoms with Gasteiger partial charge in [-0.05, 0) is 45.2 Å². The van der Waals surface area contributed by atoms with E-state index in [-0.39, 0.29) is 18.2 Å². The maximum absolute atomic E-state index is 12.3. The maximum atomic E-state index is 12.3. The smallest absolute Gasteiger partial charge is 0.361 e. The number of carbonyl (C=O) groups excluding carboxylic acids is 2. The molecule has 0 unspecified atom stereocenters. The molecule has 0 radical (unpaired) electrons. The lowest BCUT2D eigenvalue weighted by Crippen LogP contribution is -2.32. The molecule has 1 saturated heterocycles. The van der Waals surface area contributed by atoms with Crippen LogP contribution in [0.3, 0.4) is 0 Å². The van der Waals surface area contributed by atoms with Crippen molar-refractivity contribution in [1.82, 2.24) is 19.9 Å². The molecule has 1 aromatic carbocycles. The molecular weight excluding hydrogens is 320 g/mol. The first-order valence-corrected chi connectivity index (χ1v) is 8.42. The Kier molecular flexibility index (Phi) is 4.83. The van der Waals surface area contributed by atoms with Crippen LogP contribution in [0.4, 0.5) is 0 Å². The highest BCUT2D eigenvalue weighted by atomic mass is 16.5. The summed E-state index contributed by atoms with van der Waals surface area (Å²) in [4.78, 5) is 27.4. The molecule has 3 rings (SSSR count). The Morgan fingerprint density at radius 3 is 2.52 bits per heavy atom. The van der Waals surface area contributed by atoms with Gasteiger partial charge in [0.25, 0.3) is 5.91 Å². The van der Waals surface area contributed by atoms with Crippen LogP contribution in [0.15, 0.2) is 18.2 Å². The second-order valence-electron chi connectivity index (χ2n) is 6.38. The van der Waals surface area contributed by atoms with Crippen LogP contribution in [0, 0.1) is 20.8 Å². The van der Waals surface area contributed by atoms with Crippen LogP contribution in [0.25, 0.3) is 5.69 Å². The minimum absolute atomic E-state index is 0.134. The fourth-order valence-electron chi connectivity index (χ4n) is 2.96. The molecule has 1 fully saturated rings. The lowest BCUT2D eigenvalue weighted by molar-refractivity contribution is -0.133. The van der Waals surface area contributed by atoms with E-state index in [4.69, 9.17) is 4.74 Å². The van der Waals surface area contributed by atoms with Crippen LogP contribution in [-0.2, 0) is 9.53 Å².